The number of nitrogens with two attached hydrogens (primary N) is 2. The smallest absolute Gasteiger partial charge is 0.222 e. The number of hydrogen-bond acceptors (Lipinski definition) is 3. The fourth-order valence-electron chi connectivity index (χ4n) is 2.26. The van der Waals surface area contributed by atoms with Crippen LogP contribution in [0, 0.1) is 5.92 Å². The van der Waals surface area contributed by atoms with Crippen molar-refractivity contribution in [2.24, 2.45) is 17.4 Å². The van der Waals surface area contributed by atoms with Gasteiger partial charge in [-0.05, 0) is 18.6 Å². The van der Waals surface area contributed by atoms with Gasteiger partial charge in [0.15, 0.2) is 0 Å². The van der Waals surface area contributed by atoms with Crippen LogP contribution in [0.4, 0.5) is 5.69 Å². The summed E-state index contributed by atoms with van der Waals surface area (Å²) in [5.74, 6) is -0.253. The van der Waals surface area contributed by atoms with E-state index in [4.69, 9.17) is 11.5 Å². The summed E-state index contributed by atoms with van der Waals surface area (Å²) in [7, 11) is 0. The van der Waals surface area contributed by atoms with Crippen LogP contribution in [0.3, 0.4) is 0 Å². The summed E-state index contributed by atoms with van der Waals surface area (Å²) in [5.41, 5.74) is 13.3. The highest BCUT2D eigenvalue weighted by Crippen LogP contribution is 2.31. The van der Waals surface area contributed by atoms with Gasteiger partial charge in [-0.3, -0.25) is 4.79 Å². The Hall–Kier alpha value is -1.07. The normalized spacial score (nSPS) is 19.6. The van der Waals surface area contributed by atoms with Gasteiger partial charge in [0.05, 0.1) is 5.92 Å². The number of rotatable bonds is 3. The number of carbonyl (C=O) groups is 1. The van der Waals surface area contributed by atoms with Gasteiger partial charge >= 0.3 is 0 Å². The first-order valence-corrected chi connectivity index (χ1v) is 6.44. The molecule has 1 amide bonds. The summed E-state index contributed by atoms with van der Waals surface area (Å²) in [5, 5.41) is 0. The SMILES string of the molecule is NCc1c(Br)cccc1N1CCC(C(N)=O)C1. The Morgan fingerprint density at radius 2 is 2.29 bits per heavy atom. The molecule has 1 aromatic rings. The molecule has 17 heavy (non-hydrogen) atoms. The van der Waals surface area contributed by atoms with Crippen molar-refractivity contribution in [1.29, 1.82) is 0 Å². The van der Waals surface area contributed by atoms with E-state index in [1.54, 1.807) is 0 Å². The third-order valence-corrected chi connectivity index (χ3v) is 3.97. The first-order valence-electron chi connectivity index (χ1n) is 5.65. The van der Waals surface area contributed by atoms with E-state index in [1.807, 2.05) is 18.2 Å². The van der Waals surface area contributed by atoms with Crippen LogP contribution in [0.25, 0.3) is 0 Å². The zero-order chi connectivity index (χ0) is 12.4. The Kier molecular flexibility index (Phi) is 3.69. The van der Waals surface area contributed by atoms with Crippen LogP contribution in [0.5, 0.6) is 0 Å². The summed E-state index contributed by atoms with van der Waals surface area (Å²) in [6.45, 7) is 2.03. The zero-order valence-electron chi connectivity index (χ0n) is 9.53. The van der Waals surface area contributed by atoms with Gasteiger partial charge in [-0.1, -0.05) is 22.0 Å². The second-order valence-electron chi connectivity index (χ2n) is 4.28. The van der Waals surface area contributed by atoms with Crippen molar-refractivity contribution < 1.29 is 4.79 Å². The molecule has 1 fully saturated rings. The number of halogens is 1. The van der Waals surface area contributed by atoms with E-state index in [-0.39, 0.29) is 11.8 Å². The molecule has 1 unspecified atom stereocenters. The molecule has 4 nitrogen and oxygen atoms in total. The van der Waals surface area contributed by atoms with Gasteiger partial charge in [-0.15, -0.1) is 0 Å². The highest BCUT2D eigenvalue weighted by Gasteiger charge is 2.27. The molecule has 0 bridgehead atoms. The molecule has 0 spiro atoms. The minimum absolute atomic E-state index is 0.0420. The van der Waals surface area contributed by atoms with E-state index < -0.39 is 0 Å². The summed E-state index contributed by atoms with van der Waals surface area (Å²) in [4.78, 5) is 13.3. The second-order valence-corrected chi connectivity index (χ2v) is 5.13. The summed E-state index contributed by atoms with van der Waals surface area (Å²) >= 11 is 3.50. The van der Waals surface area contributed by atoms with E-state index in [0.717, 1.165) is 28.7 Å². The molecule has 1 aliphatic rings. The van der Waals surface area contributed by atoms with Crippen molar-refractivity contribution >= 4 is 27.5 Å². The fourth-order valence-corrected chi connectivity index (χ4v) is 2.77. The number of hydrogen-bond donors (Lipinski definition) is 2. The number of amides is 1. The molecular formula is C12H16BrN3O. The predicted molar refractivity (Wildman–Crippen MR) is 71.5 cm³/mol. The second kappa shape index (κ2) is 5.06. The number of anilines is 1. The lowest BCUT2D eigenvalue weighted by Gasteiger charge is -2.22. The minimum Gasteiger partial charge on any atom is -0.370 e. The van der Waals surface area contributed by atoms with Crippen LogP contribution in [0.15, 0.2) is 22.7 Å². The highest BCUT2D eigenvalue weighted by atomic mass is 79.9. The average Bonchev–Trinajstić information content (AvgIpc) is 2.77. The topological polar surface area (TPSA) is 72.3 Å². The third kappa shape index (κ3) is 2.45. The van der Waals surface area contributed by atoms with Crippen LogP contribution in [-0.2, 0) is 11.3 Å². The van der Waals surface area contributed by atoms with Crippen molar-refractivity contribution in [2.75, 3.05) is 18.0 Å². The van der Waals surface area contributed by atoms with Crippen LogP contribution < -0.4 is 16.4 Å². The molecule has 5 heteroatoms. The van der Waals surface area contributed by atoms with Gasteiger partial charge in [-0.2, -0.15) is 0 Å². The molecule has 92 valence electrons. The first kappa shape index (κ1) is 12.4. The van der Waals surface area contributed by atoms with Crippen molar-refractivity contribution in [3.63, 3.8) is 0 Å². The Bertz CT molecular complexity index is 436. The molecule has 4 N–H and O–H groups in total. The molecule has 1 aliphatic heterocycles. The van der Waals surface area contributed by atoms with Crippen LogP contribution in [0.2, 0.25) is 0 Å². The third-order valence-electron chi connectivity index (χ3n) is 3.23. The van der Waals surface area contributed by atoms with Gasteiger partial charge < -0.3 is 16.4 Å². The summed E-state index contributed by atoms with van der Waals surface area (Å²) in [6, 6.07) is 6.00. The number of carbonyl (C=O) groups excluding carboxylic acids is 1. The van der Waals surface area contributed by atoms with Gasteiger partial charge in [0.25, 0.3) is 0 Å². The van der Waals surface area contributed by atoms with Crippen LogP contribution in [-0.4, -0.2) is 19.0 Å². The fraction of sp³-hybridized carbons (Fsp3) is 0.417. The van der Waals surface area contributed by atoms with Crippen molar-refractivity contribution in [3.05, 3.63) is 28.2 Å². The number of primary amides is 1. The largest absolute Gasteiger partial charge is 0.370 e. The van der Waals surface area contributed by atoms with Gasteiger partial charge in [0, 0.05) is 35.4 Å². The summed E-state index contributed by atoms with van der Waals surface area (Å²) in [6.07, 6.45) is 0.825. The van der Waals surface area contributed by atoms with Crippen molar-refractivity contribution in [3.8, 4) is 0 Å². The van der Waals surface area contributed by atoms with E-state index in [9.17, 15) is 4.79 Å². The Morgan fingerprint density at radius 3 is 2.88 bits per heavy atom. The standard InChI is InChI=1S/C12H16BrN3O/c13-10-2-1-3-11(9(10)6-14)16-5-4-8(7-16)12(15)17/h1-3,8H,4-7,14H2,(H2,15,17). The minimum atomic E-state index is -0.211. The molecule has 0 radical (unpaired) electrons. The maximum absolute atomic E-state index is 11.2. The van der Waals surface area contributed by atoms with E-state index in [2.05, 4.69) is 20.8 Å². The van der Waals surface area contributed by atoms with Crippen LogP contribution >= 0.6 is 15.9 Å². The molecule has 0 aromatic heterocycles. The predicted octanol–water partition coefficient (Wildman–Crippen LogP) is 1.22. The summed E-state index contributed by atoms with van der Waals surface area (Å²) < 4.78 is 1.01. The molecule has 1 heterocycles. The van der Waals surface area contributed by atoms with Crippen molar-refractivity contribution in [1.82, 2.24) is 0 Å². The molecular weight excluding hydrogens is 282 g/mol. The molecule has 0 aliphatic carbocycles. The average molecular weight is 298 g/mol. The number of nitrogens with zero attached hydrogens (tertiary/aromatic N) is 1. The quantitative estimate of drug-likeness (QED) is 0.881. The molecule has 1 saturated heterocycles. The van der Waals surface area contributed by atoms with E-state index in [1.165, 1.54) is 0 Å². The molecule has 1 aromatic carbocycles. The Balaban J connectivity index is 2.24. The molecule has 2 rings (SSSR count). The molecule has 0 saturated carbocycles. The van der Waals surface area contributed by atoms with Gasteiger partial charge in [0.1, 0.15) is 0 Å². The monoisotopic (exact) mass is 297 g/mol. The van der Waals surface area contributed by atoms with Crippen LogP contribution in [0.1, 0.15) is 12.0 Å². The first-order chi connectivity index (χ1) is 8.13. The Morgan fingerprint density at radius 1 is 1.53 bits per heavy atom. The molecule has 1 atom stereocenters. The van der Waals surface area contributed by atoms with Crippen molar-refractivity contribution in [2.45, 2.75) is 13.0 Å². The van der Waals surface area contributed by atoms with Gasteiger partial charge in [-0.25, -0.2) is 0 Å². The van der Waals surface area contributed by atoms with E-state index in [0.29, 0.717) is 13.1 Å². The Labute approximate surface area is 109 Å². The van der Waals surface area contributed by atoms with E-state index >= 15 is 0 Å². The lowest BCUT2D eigenvalue weighted by Crippen LogP contribution is -2.28. The maximum Gasteiger partial charge on any atom is 0.222 e. The lowest BCUT2D eigenvalue weighted by molar-refractivity contribution is -0.121. The zero-order valence-corrected chi connectivity index (χ0v) is 11.1. The van der Waals surface area contributed by atoms with Gasteiger partial charge in [0.2, 0.25) is 5.91 Å². The lowest BCUT2D eigenvalue weighted by atomic mass is 10.1. The number of benzene rings is 1. The maximum atomic E-state index is 11.2. The highest BCUT2D eigenvalue weighted by molar-refractivity contribution is 9.10.